The van der Waals surface area contributed by atoms with E-state index in [4.69, 9.17) is 4.74 Å². The Hall–Kier alpha value is -3.15. The number of amides is 2. The van der Waals surface area contributed by atoms with Crippen molar-refractivity contribution >= 4 is 22.6 Å². The summed E-state index contributed by atoms with van der Waals surface area (Å²) in [7, 11) is 1.60. The van der Waals surface area contributed by atoms with Crippen LogP contribution in [0.3, 0.4) is 0 Å². The molecule has 1 unspecified atom stereocenters. The first-order valence-electron chi connectivity index (χ1n) is 7.64. The molecule has 4 rings (SSSR count). The van der Waals surface area contributed by atoms with E-state index < -0.39 is 0 Å². The topological polar surface area (TPSA) is 76.1 Å². The average molecular weight is 320 g/mol. The number of fused-ring (bicyclic) bond motifs is 2. The molecule has 2 heterocycles. The van der Waals surface area contributed by atoms with Gasteiger partial charge in [0.1, 0.15) is 17.6 Å². The fourth-order valence-electron chi connectivity index (χ4n) is 3.05. The standard InChI is InChI=1S/C18H16N4O2/c1-10-19-14-6-4-3-5-12(14)16(20-10)17-13-8-7-11(24-2)9-15(13)21-18(23)22-17/h3-9,17H,1-2H3,(H2,21,22,23). The summed E-state index contributed by atoms with van der Waals surface area (Å²) in [5.41, 5.74) is 3.32. The van der Waals surface area contributed by atoms with Gasteiger partial charge in [0.15, 0.2) is 0 Å². The molecular weight excluding hydrogens is 304 g/mol. The van der Waals surface area contributed by atoms with Gasteiger partial charge in [-0.05, 0) is 19.1 Å². The number of methoxy groups -OCH3 is 1. The lowest BCUT2D eigenvalue weighted by molar-refractivity contribution is 0.249. The van der Waals surface area contributed by atoms with Gasteiger partial charge in [-0.15, -0.1) is 0 Å². The third-order valence-electron chi connectivity index (χ3n) is 4.11. The molecular formula is C18H16N4O2. The monoisotopic (exact) mass is 320 g/mol. The number of hydrogen-bond acceptors (Lipinski definition) is 4. The van der Waals surface area contributed by atoms with Crippen molar-refractivity contribution in [1.29, 1.82) is 0 Å². The van der Waals surface area contributed by atoms with Crippen molar-refractivity contribution in [3.8, 4) is 5.75 Å². The fraction of sp³-hybridized carbons (Fsp3) is 0.167. The fourth-order valence-corrected chi connectivity index (χ4v) is 3.05. The first-order chi connectivity index (χ1) is 11.7. The van der Waals surface area contributed by atoms with Crippen molar-refractivity contribution in [2.24, 2.45) is 0 Å². The van der Waals surface area contributed by atoms with Gasteiger partial charge < -0.3 is 15.4 Å². The third-order valence-corrected chi connectivity index (χ3v) is 4.11. The molecule has 0 saturated heterocycles. The maximum absolute atomic E-state index is 12.1. The number of para-hydroxylation sites is 1. The summed E-state index contributed by atoms with van der Waals surface area (Å²) in [4.78, 5) is 21.2. The molecule has 6 nitrogen and oxygen atoms in total. The van der Waals surface area contributed by atoms with Crippen LogP contribution in [0.5, 0.6) is 5.75 Å². The number of carbonyl (C=O) groups is 1. The van der Waals surface area contributed by atoms with E-state index in [1.54, 1.807) is 7.11 Å². The van der Waals surface area contributed by atoms with Gasteiger partial charge in [0.05, 0.1) is 24.0 Å². The van der Waals surface area contributed by atoms with Crippen molar-refractivity contribution in [2.75, 3.05) is 12.4 Å². The second-order valence-corrected chi connectivity index (χ2v) is 5.66. The predicted molar refractivity (Wildman–Crippen MR) is 91.3 cm³/mol. The highest BCUT2D eigenvalue weighted by atomic mass is 16.5. The molecule has 1 atom stereocenters. The largest absolute Gasteiger partial charge is 0.497 e. The van der Waals surface area contributed by atoms with Crippen LogP contribution in [0.15, 0.2) is 42.5 Å². The number of hydrogen-bond donors (Lipinski definition) is 2. The van der Waals surface area contributed by atoms with E-state index in [2.05, 4.69) is 20.6 Å². The predicted octanol–water partition coefficient (Wildman–Crippen LogP) is 3.17. The summed E-state index contributed by atoms with van der Waals surface area (Å²) < 4.78 is 5.25. The second kappa shape index (κ2) is 5.49. The number of aryl methyl sites for hydroxylation is 1. The minimum atomic E-state index is -0.341. The Morgan fingerprint density at radius 1 is 1.12 bits per heavy atom. The average Bonchev–Trinajstić information content (AvgIpc) is 2.59. The molecule has 0 bridgehead atoms. The SMILES string of the molecule is COc1ccc2c(c1)NC(=O)NC2c1nc(C)nc2ccccc12. The number of nitrogens with one attached hydrogen (secondary N) is 2. The van der Waals surface area contributed by atoms with Gasteiger partial charge in [-0.25, -0.2) is 14.8 Å². The Bertz CT molecular complexity index is 955. The van der Waals surface area contributed by atoms with Crippen LogP contribution < -0.4 is 15.4 Å². The van der Waals surface area contributed by atoms with E-state index >= 15 is 0 Å². The molecule has 0 fully saturated rings. The molecule has 6 heteroatoms. The van der Waals surface area contributed by atoms with Crippen LogP contribution in [-0.2, 0) is 0 Å². The van der Waals surface area contributed by atoms with Crippen LogP contribution in [0.1, 0.15) is 23.1 Å². The quantitative estimate of drug-likeness (QED) is 0.760. The zero-order valence-corrected chi connectivity index (χ0v) is 13.3. The van der Waals surface area contributed by atoms with E-state index in [1.807, 2.05) is 49.4 Å². The molecule has 1 aromatic heterocycles. The molecule has 0 saturated carbocycles. The molecule has 1 aliphatic heterocycles. The summed E-state index contributed by atoms with van der Waals surface area (Å²) in [6.07, 6.45) is 0. The van der Waals surface area contributed by atoms with E-state index in [0.29, 0.717) is 11.6 Å². The van der Waals surface area contributed by atoms with E-state index in [1.165, 1.54) is 0 Å². The number of anilines is 1. The van der Waals surface area contributed by atoms with Crippen molar-refractivity contribution < 1.29 is 9.53 Å². The Labute approximate surface area is 138 Å². The molecule has 3 aromatic rings. The highest BCUT2D eigenvalue weighted by molar-refractivity contribution is 5.95. The van der Waals surface area contributed by atoms with Crippen LogP contribution >= 0.6 is 0 Å². The van der Waals surface area contributed by atoms with Gasteiger partial charge in [0.25, 0.3) is 0 Å². The minimum Gasteiger partial charge on any atom is -0.497 e. The second-order valence-electron chi connectivity index (χ2n) is 5.66. The van der Waals surface area contributed by atoms with Gasteiger partial charge >= 0.3 is 6.03 Å². The maximum Gasteiger partial charge on any atom is 0.320 e. The number of rotatable bonds is 2. The molecule has 0 radical (unpaired) electrons. The number of aromatic nitrogens is 2. The Balaban J connectivity index is 1.94. The van der Waals surface area contributed by atoms with Crippen LogP contribution in [0.2, 0.25) is 0 Å². The van der Waals surface area contributed by atoms with Gasteiger partial charge in [-0.3, -0.25) is 0 Å². The minimum absolute atomic E-state index is 0.263. The van der Waals surface area contributed by atoms with Crippen molar-refractivity contribution in [1.82, 2.24) is 15.3 Å². The van der Waals surface area contributed by atoms with Gasteiger partial charge in [-0.1, -0.05) is 24.3 Å². The summed E-state index contributed by atoms with van der Waals surface area (Å²) >= 11 is 0. The molecule has 120 valence electrons. The Morgan fingerprint density at radius 2 is 1.96 bits per heavy atom. The zero-order chi connectivity index (χ0) is 16.7. The molecule has 0 aliphatic carbocycles. The van der Waals surface area contributed by atoms with Crippen molar-refractivity contribution in [3.05, 3.63) is 59.5 Å². The first-order valence-corrected chi connectivity index (χ1v) is 7.64. The normalized spacial score (nSPS) is 16.2. The maximum atomic E-state index is 12.1. The molecule has 2 N–H and O–H groups in total. The van der Waals surface area contributed by atoms with Gasteiger partial charge in [0, 0.05) is 17.0 Å². The summed E-state index contributed by atoms with van der Waals surface area (Å²) in [5.74, 6) is 1.37. The van der Waals surface area contributed by atoms with Crippen molar-refractivity contribution in [3.63, 3.8) is 0 Å². The molecule has 24 heavy (non-hydrogen) atoms. The van der Waals surface area contributed by atoms with Gasteiger partial charge in [0.2, 0.25) is 0 Å². The van der Waals surface area contributed by atoms with E-state index in [0.717, 1.165) is 27.8 Å². The van der Waals surface area contributed by atoms with Crippen molar-refractivity contribution in [2.45, 2.75) is 13.0 Å². The van der Waals surface area contributed by atoms with Crippen LogP contribution in [0, 0.1) is 6.92 Å². The lowest BCUT2D eigenvalue weighted by atomic mass is 9.96. The van der Waals surface area contributed by atoms with Gasteiger partial charge in [-0.2, -0.15) is 0 Å². The van der Waals surface area contributed by atoms with E-state index in [-0.39, 0.29) is 12.1 Å². The number of nitrogens with zero attached hydrogens (tertiary/aromatic N) is 2. The van der Waals surface area contributed by atoms with E-state index in [9.17, 15) is 4.79 Å². The lowest BCUT2D eigenvalue weighted by Gasteiger charge is -2.28. The number of benzene rings is 2. The Kier molecular flexibility index (Phi) is 3.30. The number of carbonyl (C=O) groups excluding carboxylic acids is 1. The number of urea groups is 1. The summed E-state index contributed by atoms with van der Waals surface area (Å²) in [6, 6.07) is 12.8. The van der Waals surface area contributed by atoms with Crippen LogP contribution in [0.25, 0.3) is 10.9 Å². The summed E-state index contributed by atoms with van der Waals surface area (Å²) in [6.45, 7) is 1.85. The highest BCUT2D eigenvalue weighted by Gasteiger charge is 2.28. The third kappa shape index (κ3) is 2.32. The first kappa shape index (κ1) is 14.4. The Morgan fingerprint density at radius 3 is 2.79 bits per heavy atom. The molecule has 2 aromatic carbocycles. The smallest absolute Gasteiger partial charge is 0.320 e. The lowest BCUT2D eigenvalue weighted by Crippen LogP contribution is -2.38. The molecule has 0 spiro atoms. The van der Waals surface area contributed by atoms with Crippen LogP contribution in [0.4, 0.5) is 10.5 Å². The number of ether oxygens (including phenoxy) is 1. The molecule has 1 aliphatic rings. The highest BCUT2D eigenvalue weighted by Crippen LogP contribution is 2.35. The zero-order valence-electron chi connectivity index (χ0n) is 13.3. The van der Waals surface area contributed by atoms with Crippen LogP contribution in [-0.4, -0.2) is 23.1 Å². The summed E-state index contributed by atoms with van der Waals surface area (Å²) in [5, 5.41) is 6.72. The molecule has 2 amide bonds.